The molecule has 0 bridgehead atoms. The predicted molar refractivity (Wildman–Crippen MR) is 53.3 cm³/mol. The highest BCUT2D eigenvalue weighted by atomic mass is 16.5. The second kappa shape index (κ2) is 5.98. The van der Waals surface area contributed by atoms with Crippen LogP contribution in [0.2, 0.25) is 0 Å². The number of hydrogen-bond donors (Lipinski definition) is 1. The van der Waals surface area contributed by atoms with Crippen molar-refractivity contribution in [3.8, 4) is 0 Å². The number of rotatable bonds is 6. The zero-order chi connectivity index (χ0) is 10.4. The summed E-state index contributed by atoms with van der Waals surface area (Å²) in [4.78, 5) is 12.7. The van der Waals surface area contributed by atoms with Gasteiger partial charge in [0.05, 0.1) is 6.61 Å². The largest absolute Gasteiger partial charge is 0.481 e. The molecule has 4 heteroatoms. The van der Waals surface area contributed by atoms with Crippen molar-refractivity contribution in [2.24, 2.45) is 0 Å². The number of carboxylic acids is 1. The first-order valence-electron chi connectivity index (χ1n) is 5.19. The number of carbonyl (C=O) groups is 1. The van der Waals surface area contributed by atoms with Gasteiger partial charge in [-0.25, -0.2) is 0 Å². The molecule has 82 valence electrons. The summed E-state index contributed by atoms with van der Waals surface area (Å²) in [5, 5.41) is 8.51. The molecule has 1 heterocycles. The van der Waals surface area contributed by atoms with Crippen LogP contribution in [0.5, 0.6) is 0 Å². The van der Waals surface area contributed by atoms with Gasteiger partial charge in [0, 0.05) is 19.6 Å². The summed E-state index contributed by atoms with van der Waals surface area (Å²) in [5.41, 5.74) is 0. The van der Waals surface area contributed by atoms with Crippen molar-refractivity contribution in [1.29, 1.82) is 0 Å². The van der Waals surface area contributed by atoms with Gasteiger partial charge in [-0.3, -0.25) is 9.69 Å². The van der Waals surface area contributed by atoms with Crippen molar-refractivity contribution < 1.29 is 14.6 Å². The maximum atomic E-state index is 10.3. The maximum Gasteiger partial charge on any atom is 0.303 e. The van der Waals surface area contributed by atoms with Gasteiger partial charge < -0.3 is 9.84 Å². The molecule has 0 aliphatic carbocycles. The standard InChI is InChI=1S/C10H19NO3/c1-14-8-9-4-2-6-11(9)7-3-5-10(12)13/h9H,2-8H2,1H3,(H,12,13)/t9-/m0/s1. The summed E-state index contributed by atoms with van der Waals surface area (Å²) in [7, 11) is 1.72. The van der Waals surface area contributed by atoms with Gasteiger partial charge >= 0.3 is 5.97 Å². The van der Waals surface area contributed by atoms with E-state index in [1.54, 1.807) is 7.11 Å². The molecule has 1 N–H and O–H groups in total. The molecule has 0 aromatic rings. The highest BCUT2D eigenvalue weighted by Gasteiger charge is 2.23. The van der Waals surface area contributed by atoms with Gasteiger partial charge in [-0.15, -0.1) is 0 Å². The quantitative estimate of drug-likeness (QED) is 0.695. The molecule has 4 nitrogen and oxygen atoms in total. The average Bonchev–Trinajstić information content (AvgIpc) is 2.53. The molecular weight excluding hydrogens is 182 g/mol. The maximum absolute atomic E-state index is 10.3. The van der Waals surface area contributed by atoms with Crippen molar-refractivity contribution in [1.82, 2.24) is 4.90 Å². The first-order chi connectivity index (χ1) is 6.74. The number of methoxy groups -OCH3 is 1. The SMILES string of the molecule is COC[C@@H]1CCCN1CCCC(=O)O. The van der Waals surface area contributed by atoms with Crippen molar-refractivity contribution in [3.63, 3.8) is 0 Å². The van der Waals surface area contributed by atoms with Gasteiger partial charge in [-0.2, -0.15) is 0 Å². The van der Waals surface area contributed by atoms with Crippen LogP contribution in [0.4, 0.5) is 0 Å². The second-order valence-corrected chi connectivity index (χ2v) is 3.78. The van der Waals surface area contributed by atoms with E-state index >= 15 is 0 Å². The Morgan fingerprint density at radius 2 is 2.43 bits per heavy atom. The summed E-state index contributed by atoms with van der Waals surface area (Å²) in [6, 6.07) is 0.508. The molecule has 1 rings (SSSR count). The van der Waals surface area contributed by atoms with Crippen LogP contribution in [0.1, 0.15) is 25.7 Å². The molecule has 0 radical (unpaired) electrons. The van der Waals surface area contributed by atoms with Gasteiger partial charge in [-0.05, 0) is 32.4 Å². The Kier molecular flexibility index (Phi) is 4.90. The lowest BCUT2D eigenvalue weighted by atomic mass is 10.2. The molecule has 0 amide bonds. The fourth-order valence-corrected chi connectivity index (χ4v) is 2.00. The molecule has 1 aliphatic heterocycles. The summed E-state index contributed by atoms with van der Waals surface area (Å²) in [5.74, 6) is -0.701. The number of hydrogen-bond acceptors (Lipinski definition) is 3. The van der Waals surface area contributed by atoms with E-state index < -0.39 is 5.97 Å². The molecule has 0 spiro atoms. The molecule has 0 unspecified atom stereocenters. The zero-order valence-electron chi connectivity index (χ0n) is 8.74. The molecule has 0 saturated carbocycles. The van der Waals surface area contributed by atoms with E-state index in [0.717, 1.165) is 26.1 Å². The topological polar surface area (TPSA) is 49.8 Å². The Hall–Kier alpha value is -0.610. The molecule has 1 atom stereocenters. The lowest BCUT2D eigenvalue weighted by Crippen LogP contribution is -2.33. The van der Waals surface area contributed by atoms with Crippen LogP contribution in [-0.4, -0.2) is 48.8 Å². The van der Waals surface area contributed by atoms with E-state index in [1.807, 2.05) is 0 Å². The van der Waals surface area contributed by atoms with Gasteiger partial charge in [0.1, 0.15) is 0 Å². The lowest BCUT2D eigenvalue weighted by molar-refractivity contribution is -0.137. The number of likely N-dealkylation sites (tertiary alicyclic amines) is 1. The van der Waals surface area contributed by atoms with Gasteiger partial charge in [0.2, 0.25) is 0 Å². The van der Waals surface area contributed by atoms with Crippen molar-refractivity contribution >= 4 is 5.97 Å². The first kappa shape index (κ1) is 11.5. The highest BCUT2D eigenvalue weighted by molar-refractivity contribution is 5.66. The minimum atomic E-state index is -0.701. The Labute approximate surface area is 84.8 Å². The number of ether oxygens (including phenoxy) is 1. The van der Waals surface area contributed by atoms with Gasteiger partial charge in [0.15, 0.2) is 0 Å². The van der Waals surface area contributed by atoms with Crippen LogP contribution in [0.15, 0.2) is 0 Å². The van der Waals surface area contributed by atoms with Gasteiger partial charge in [-0.1, -0.05) is 0 Å². The Balaban J connectivity index is 2.18. The van der Waals surface area contributed by atoms with Crippen LogP contribution in [0, 0.1) is 0 Å². The summed E-state index contributed by atoms with van der Waals surface area (Å²) in [6.45, 7) is 2.75. The zero-order valence-corrected chi connectivity index (χ0v) is 8.74. The van der Waals surface area contributed by atoms with Crippen LogP contribution in [0.25, 0.3) is 0 Å². The molecule has 1 saturated heterocycles. The molecular formula is C10H19NO3. The molecule has 1 aliphatic rings. The molecule has 0 aromatic heterocycles. The van der Waals surface area contributed by atoms with Crippen molar-refractivity contribution in [2.75, 3.05) is 26.8 Å². The highest BCUT2D eigenvalue weighted by Crippen LogP contribution is 2.17. The van der Waals surface area contributed by atoms with E-state index in [0.29, 0.717) is 6.04 Å². The third-order valence-electron chi connectivity index (χ3n) is 2.69. The minimum Gasteiger partial charge on any atom is -0.481 e. The summed E-state index contributed by atoms with van der Waals surface area (Å²) in [6.07, 6.45) is 3.41. The Morgan fingerprint density at radius 1 is 1.64 bits per heavy atom. The van der Waals surface area contributed by atoms with E-state index in [1.165, 1.54) is 12.8 Å². The van der Waals surface area contributed by atoms with Crippen LogP contribution in [-0.2, 0) is 9.53 Å². The van der Waals surface area contributed by atoms with E-state index in [2.05, 4.69) is 4.90 Å². The number of aliphatic carboxylic acids is 1. The summed E-state index contributed by atoms with van der Waals surface area (Å²) < 4.78 is 5.13. The van der Waals surface area contributed by atoms with Crippen LogP contribution >= 0.6 is 0 Å². The third kappa shape index (κ3) is 3.64. The van der Waals surface area contributed by atoms with E-state index in [4.69, 9.17) is 9.84 Å². The van der Waals surface area contributed by atoms with Crippen LogP contribution in [0.3, 0.4) is 0 Å². The molecule has 1 fully saturated rings. The van der Waals surface area contributed by atoms with E-state index in [9.17, 15) is 4.79 Å². The normalized spacial score (nSPS) is 22.8. The number of nitrogens with zero attached hydrogens (tertiary/aromatic N) is 1. The minimum absolute atomic E-state index is 0.274. The second-order valence-electron chi connectivity index (χ2n) is 3.78. The first-order valence-corrected chi connectivity index (χ1v) is 5.19. The summed E-state index contributed by atoms with van der Waals surface area (Å²) >= 11 is 0. The monoisotopic (exact) mass is 201 g/mol. The number of carboxylic acid groups (broad SMARTS) is 1. The van der Waals surface area contributed by atoms with Crippen molar-refractivity contribution in [2.45, 2.75) is 31.7 Å². The fourth-order valence-electron chi connectivity index (χ4n) is 2.00. The lowest BCUT2D eigenvalue weighted by Gasteiger charge is -2.23. The Bertz CT molecular complexity index is 184. The van der Waals surface area contributed by atoms with E-state index in [-0.39, 0.29) is 6.42 Å². The Morgan fingerprint density at radius 3 is 3.07 bits per heavy atom. The van der Waals surface area contributed by atoms with Gasteiger partial charge in [0.25, 0.3) is 0 Å². The third-order valence-corrected chi connectivity index (χ3v) is 2.69. The predicted octanol–water partition coefficient (Wildman–Crippen LogP) is 0.962. The average molecular weight is 201 g/mol. The van der Waals surface area contributed by atoms with Crippen LogP contribution < -0.4 is 0 Å². The van der Waals surface area contributed by atoms with Crippen molar-refractivity contribution in [3.05, 3.63) is 0 Å². The fraction of sp³-hybridized carbons (Fsp3) is 0.900. The molecule has 0 aromatic carbocycles. The molecule has 14 heavy (non-hydrogen) atoms. The smallest absolute Gasteiger partial charge is 0.303 e.